The molecule has 0 fully saturated rings. The lowest BCUT2D eigenvalue weighted by atomic mass is 10.0. The lowest BCUT2D eigenvalue weighted by molar-refractivity contribution is -0.0115. The number of hydrogen-bond donors (Lipinski definition) is 1. The molecule has 0 aliphatic rings. The maximum atomic E-state index is 5.91. The summed E-state index contributed by atoms with van der Waals surface area (Å²) in [5.74, 6) is 0. The molecule has 0 aliphatic carbocycles. The number of hydrogen-bond acceptors (Lipinski definition) is 3. The Kier molecular flexibility index (Phi) is 7.82. The average Bonchev–Trinajstić information content (AvgIpc) is 2.40. The van der Waals surface area contributed by atoms with Gasteiger partial charge in [-0.15, -0.1) is 0 Å². The molecule has 3 nitrogen and oxygen atoms in total. The number of likely N-dealkylation sites (N-methyl/N-ethyl adjacent to an activating group) is 1. The van der Waals surface area contributed by atoms with Gasteiger partial charge in [0.05, 0.1) is 25.4 Å². The molecule has 2 unspecified atom stereocenters. The zero-order valence-corrected chi connectivity index (χ0v) is 13.5. The van der Waals surface area contributed by atoms with E-state index >= 15 is 0 Å². The van der Waals surface area contributed by atoms with Crippen molar-refractivity contribution in [3.63, 3.8) is 0 Å². The van der Waals surface area contributed by atoms with Crippen molar-refractivity contribution >= 4 is 0 Å². The Balaban J connectivity index is 2.63. The molecule has 114 valence electrons. The van der Waals surface area contributed by atoms with E-state index in [1.165, 1.54) is 16.7 Å². The quantitative estimate of drug-likeness (QED) is 0.751. The lowest BCUT2D eigenvalue weighted by Crippen LogP contribution is -2.28. The first-order valence-corrected chi connectivity index (χ1v) is 7.57. The molecule has 0 heterocycles. The SMILES string of the molecule is CCNC(COC(C)COCC)c1cc(C)cc(C)c1. The van der Waals surface area contributed by atoms with Gasteiger partial charge in [-0.2, -0.15) is 0 Å². The van der Waals surface area contributed by atoms with Crippen molar-refractivity contribution in [1.82, 2.24) is 5.32 Å². The Morgan fingerprint density at radius 1 is 1.05 bits per heavy atom. The highest BCUT2D eigenvalue weighted by Gasteiger charge is 2.13. The Morgan fingerprint density at radius 3 is 2.25 bits per heavy atom. The van der Waals surface area contributed by atoms with Crippen molar-refractivity contribution in [1.29, 1.82) is 0 Å². The lowest BCUT2D eigenvalue weighted by Gasteiger charge is -2.22. The number of benzene rings is 1. The van der Waals surface area contributed by atoms with Gasteiger partial charge in [0, 0.05) is 6.61 Å². The van der Waals surface area contributed by atoms with Gasteiger partial charge in [-0.1, -0.05) is 36.2 Å². The summed E-state index contributed by atoms with van der Waals surface area (Å²) in [6, 6.07) is 6.90. The molecule has 0 amide bonds. The van der Waals surface area contributed by atoms with Crippen LogP contribution in [-0.4, -0.2) is 32.5 Å². The van der Waals surface area contributed by atoms with Crippen molar-refractivity contribution in [3.05, 3.63) is 34.9 Å². The number of aryl methyl sites for hydroxylation is 2. The van der Waals surface area contributed by atoms with Crippen LogP contribution in [-0.2, 0) is 9.47 Å². The van der Waals surface area contributed by atoms with E-state index in [1.807, 2.05) is 6.92 Å². The van der Waals surface area contributed by atoms with E-state index in [0.717, 1.165) is 13.2 Å². The van der Waals surface area contributed by atoms with Crippen molar-refractivity contribution in [3.8, 4) is 0 Å². The normalized spacial score (nSPS) is 14.2. The van der Waals surface area contributed by atoms with Gasteiger partial charge in [0.15, 0.2) is 0 Å². The Hall–Kier alpha value is -0.900. The summed E-state index contributed by atoms with van der Waals surface area (Å²) in [6.45, 7) is 13.5. The van der Waals surface area contributed by atoms with Crippen LogP contribution in [0.25, 0.3) is 0 Å². The van der Waals surface area contributed by atoms with E-state index in [0.29, 0.717) is 13.2 Å². The highest BCUT2D eigenvalue weighted by Crippen LogP contribution is 2.18. The van der Waals surface area contributed by atoms with Gasteiger partial charge >= 0.3 is 0 Å². The molecular formula is C17H29NO2. The van der Waals surface area contributed by atoms with Crippen molar-refractivity contribution in [2.24, 2.45) is 0 Å². The third-order valence-corrected chi connectivity index (χ3v) is 3.20. The fourth-order valence-corrected chi connectivity index (χ4v) is 2.32. The van der Waals surface area contributed by atoms with E-state index in [1.54, 1.807) is 0 Å². The maximum Gasteiger partial charge on any atom is 0.0781 e. The van der Waals surface area contributed by atoms with Gasteiger partial charge in [-0.05, 0) is 39.8 Å². The second kappa shape index (κ2) is 9.11. The van der Waals surface area contributed by atoms with E-state index in [-0.39, 0.29) is 12.1 Å². The fourth-order valence-electron chi connectivity index (χ4n) is 2.32. The topological polar surface area (TPSA) is 30.5 Å². The smallest absolute Gasteiger partial charge is 0.0781 e. The predicted octanol–water partition coefficient (Wildman–Crippen LogP) is 3.40. The Labute approximate surface area is 123 Å². The van der Waals surface area contributed by atoms with Crippen LogP contribution in [0, 0.1) is 13.8 Å². The van der Waals surface area contributed by atoms with E-state index in [4.69, 9.17) is 9.47 Å². The summed E-state index contributed by atoms with van der Waals surface area (Å²) < 4.78 is 11.3. The summed E-state index contributed by atoms with van der Waals surface area (Å²) in [6.07, 6.45) is 0.127. The van der Waals surface area contributed by atoms with Crippen LogP contribution in [0.3, 0.4) is 0 Å². The summed E-state index contributed by atoms with van der Waals surface area (Å²) in [4.78, 5) is 0. The summed E-state index contributed by atoms with van der Waals surface area (Å²) >= 11 is 0. The maximum absolute atomic E-state index is 5.91. The number of rotatable bonds is 9. The number of nitrogens with one attached hydrogen (secondary N) is 1. The third kappa shape index (κ3) is 6.04. The summed E-state index contributed by atoms with van der Waals surface area (Å²) in [5, 5.41) is 3.50. The van der Waals surface area contributed by atoms with Crippen LogP contribution in [0.2, 0.25) is 0 Å². The van der Waals surface area contributed by atoms with Crippen LogP contribution in [0.15, 0.2) is 18.2 Å². The first kappa shape index (κ1) is 17.2. The van der Waals surface area contributed by atoms with E-state index in [9.17, 15) is 0 Å². The standard InChI is InChI=1S/C17H29NO2/c1-6-18-17(12-20-15(5)11-19-7-2)16-9-13(3)8-14(4)10-16/h8-10,15,17-18H,6-7,11-12H2,1-5H3. The largest absolute Gasteiger partial charge is 0.379 e. The second-order valence-electron chi connectivity index (χ2n) is 5.33. The minimum absolute atomic E-state index is 0.127. The molecular weight excluding hydrogens is 250 g/mol. The van der Waals surface area contributed by atoms with Crippen LogP contribution in [0.5, 0.6) is 0 Å². The van der Waals surface area contributed by atoms with Gasteiger partial charge in [0.2, 0.25) is 0 Å². The molecule has 1 aromatic rings. The second-order valence-corrected chi connectivity index (χ2v) is 5.33. The van der Waals surface area contributed by atoms with Crippen LogP contribution in [0.1, 0.15) is 43.5 Å². The van der Waals surface area contributed by atoms with Gasteiger partial charge in [0.1, 0.15) is 0 Å². The van der Waals surface area contributed by atoms with Gasteiger partial charge in [-0.25, -0.2) is 0 Å². The monoisotopic (exact) mass is 279 g/mol. The first-order chi connectivity index (χ1) is 9.56. The molecule has 0 radical (unpaired) electrons. The molecule has 0 saturated carbocycles. The first-order valence-electron chi connectivity index (χ1n) is 7.57. The van der Waals surface area contributed by atoms with Crippen molar-refractivity contribution in [2.45, 2.75) is 46.8 Å². The van der Waals surface area contributed by atoms with E-state index < -0.39 is 0 Å². The molecule has 1 aromatic carbocycles. The van der Waals surface area contributed by atoms with Crippen LogP contribution in [0.4, 0.5) is 0 Å². The molecule has 20 heavy (non-hydrogen) atoms. The highest BCUT2D eigenvalue weighted by atomic mass is 16.5. The minimum Gasteiger partial charge on any atom is -0.379 e. The molecule has 1 N–H and O–H groups in total. The van der Waals surface area contributed by atoms with Gasteiger partial charge < -0.3 is 14.8 Å². The number of ether oxygens (including phenoxy) is 2. The molecule has 0 saturated heterocycles. The minimum atomic E-state index is 0.127. The van der Waals surface area contributed by atoms with E-state index in [2.05, 4.69) is 51.2 Å². The van der Waals surface area contributed by atoms with Crippen molar-refractivity contribution < 1.29 is 9.47 Å². The zero-order valence-electron chi connectivity index (χ0n) is 13.5. The molecule has 3 heteroatoms. The Bertz CT molecular complexity index is 372. The third-order valence-electron chi connectivity index (χ3n) is 3.20. The molecule has 1 rings (SSSR count). The van der Waals surface area contributed by atoms with Crippen LogP contribution >= 0.6 is 0 Å². The molecule has 0 aliphatic heterocycles. The predicted molar refractivity (Wildman–Crippen MR) is 84.2 cm³/mol. The molecule has 0 spiro atoms. The summed E-state index contributed by atoms with van der Waals surface area (Å²) in [7, 11) is 0. The fraction of sp³-hybridized carbons (Fsp3) is 0.647. The van der Waals surface area contributed by atoms with Crippen LogP contribution < -0.4 is 5.32 Å². The summed E-state index contributed by atoms with van der Waals surface area (Å²) in [5.41, 5.74) is 3.89. The highest BCUT2D eigenvalue weighted by molar-refractivity contribution is 5.30. The average molecular weight is 279 g/mol. The van der Waals surface area contributed by atoms with Gasteiger partial charge in [-0.3, -0.25) is 0 Å². The van der Waals surface area contributed by atoms with Gasteiger partial charge in [0.25, 0.3) is 0 Å². The molecule has 0 bridgehead atoms. The van der Waals surface area contributed by atoms with Crippen molar-refractivity contribution in [2.75, 3.05) is 26.4 Å². The zero-order chi connectivity index (χ0) is 15.0. The molecule has 0 aromatic heterocycles. The molecule has 2 atom stereocenters. The Morgan fingerprint density at radius 2 is 1.70 bits per heavy atom.